The van der Waals surface area contributed by atoms with Crippen LogP contribution in [0.2, 0.25) is 0 Å². The van der Waals surface area contributed by atoms with E-state index in [1.54, 1.807) is 62.4 Å². The van der Waals surface area contributed by atoms with Gasteiger partial charge in [0.1, 0.15) is 5.60 Å². The van der Waals surface area contributed by atoms with Crippen molar-refractivity contribution in [3.05, 3.63) is 65.5 Å². The molecule has 1 fully saturated rings. The molecule has 2 amide bonds. The summed E-state index contributed by atoms with van der Waals surface area (Å²) in [5.74, 6) is 0.299. The number of anilines is 2. The molecule has 1 aliphatic rings. The van der Waals surface area contributed by atoms with Gasteiger partial charge in [0, 0.05) is 27.6 Å². The highest BCUT2D eigenvalue weighted by atomic mass is 32.3. The topological polar surface area (TPSA) is 96.5 Å². The number of amides is 2. The van der Waals surface area contributed by atoms with E-state index in [0.717, 1.165) is 28.3 Å². The van der Waals surface area contributed by atoms with E-state index in [-0.39, 0.29) is 5.91 Å². The Labute approximate surface area is 204 Å². The molecular formula is C25H29N3O4S2. The number of benzene rings is 2. The molecule has 7 nitrogen and oxygen atoms in total. The molecule has 4 rings (SSSR count). The van der Waals surface area contributed by atoms with E-state index in [2.05, 4.69) is 15.4 Å². The number of thiophene rings is 1. The van der Waals surface area contributed by atoms with Crippen LogP contribution in [0.3, 0.4) is 0 Å². The van der Waals surface area contributed by atoms with E-state index in [1.807, 2.05) is 29.6 Å². The normalized spacial score (nSPS) is 16.0. The third-order valence-electron chi connectivity index (χ3n) is 5.27. The number of carbonyl (C=O) groups excluding carboxylic acids is 2. The quantitative estimate of drug-likeness (QED) is 0.358. The zero-order chi connectivity index (χ0) is 24.3. The van der Waals surface area contributed by atoms with E-state index in [9.17, 15) is 13.8 Å². The van der Waals surface area contributed by atoms with Crippen molar-refractivity contribution in [2.24, 2.45) is 0 Å². The van der Waals surface area contributed by atoms with Gasteiger partial charge in [0.2, 0.25) is 0 Å². The molecule has 3 N–H and O–H groups in total. The summed E-state index contributed by atoms with van der Waals surface area (Å²) in [5.41, 5.74) is 1.58. The van der Waals surface area contributed by atoms with Crippen LogP contribution < -0.4 is 15.4 Å². The maximum absolute atomic E-state index is 13.1. The first-order valence-corrected chi connectivity index (χ1v) is 13.8. The molecule has 2 heterocycles. The molecule has 9 heteroatoms. The van der Waals surface area contributed by atoms with E-state index in [4.69, 9.17) is 4.74 Å². The number of carbonyl (C=O) groups is 2. The number of hydrogen-bond donors (Lipinski definition) is 4. The molecule has 1 aromatic heterocycles. The van der Waals surface area contributed by atoms with Crippen molar-refractivity contribution >= 4 is 44.8 Å². The molecule has 0 aliphatic carbocycles. The zero-order valence-electron chi connectivity index (χ0n) is 19.4. The van der Waals surface area contributed by atoms with Gasteiger partial charge in [-0.25, -0.2) is 4.79 Å². The van der Waals surface area contributed by atoms with Gasteiger partial charge >= 0.3 is 6.09 Å². The average molecular weight is 500 g/mol. The second-order valence-corrected chi connectivity index (χ2v) is 12.8. The van der Waals surface area contributed by atoms with Gasteiger partial charge in [-0.05, 0) is 90.7 Å². The van der Waals surface area contributed by atoms with Crippen molar-refractivity contribution in [2.75, 3.05) is 22.9 Å². The van der Waals surface area contributed by atoms with Crippen molar-refractivity contribution in [1.29, 1.82) is 0 Å². The van der Waals surface area contributed by atoms with Gasteiger partial charge in [-0.15, -0.1) is 11.3 Å². The third-order valence-corrected chi connectivity index (χ3v) is 9.00. The Morgan fingerprint density at radius 2 is 1.79 bits per heavy atom. The number of nitrogens with one attached hydrogen (secondary N) is 3. The molecule has 0 unspecified atom stereocenters. The first-order valence-electron chi connectivity index (χ1n) is 11.1. The van der Waals surface area contributed by atoms with Crippen LogP contribution in [0.1, 0.15) is 37.6 Å². The molecule has 0 spiro atoms. The smallest absolute Gasteiger partial charge is 0.412 e. The Balaban J connectivity index is 1.58. The van der Waals surface area contributed by atoms with Crippen LogP contribution in [0.5, 0.6) is 0 Å². The highest BCUT2D eigenvalue weighted by Gasteiger charge is 2.23. The molecule has 3 aromatic rings. The van der Waals surface area contributed by atoms with Crippen LogP contribution in [0.15, 0.2) is 64.9 Å². The lowest BCUT2D eigenvalue weighted by atomic mass is 10.1. The molecule has 34 heavy (non-hydrogen) atoms. The summed E-state index contributed by atoms with van der Waals surface area (Å²) in [7, 11) is -2.56. The fourth-order valence-electron chi connectivity index (χ4n) is 3.68. The Morgan fingerprint density at radius 1 is 1.03 bits per heavy atom. The maximum Gasteiger partial charge on any atom is 0.412 e. The molecule has 0 radical (unpaired) electrons. The van der Waals surface area contributed by atoms with E-state index in [0.29, 0.717) is 22.7 Å². The van der Waals surface area contributed by atoms with Crippen molar-refractivity contribution in [1.82, 2.24) is 4.72 Å². The predicted octanol–water partition coefficient (Wildman–Crippen LogP) is 5.30. The second kappa shape index (κ2) is 9.69. The standard InChI is InChI=1S/C25H29N3O4S2/c1-25(2,3)32-24(30)28-20-12-9-18(22-6-4-14-33-22)16-21(20)27-23(29)17-7-10-19(11-8-17)34(31)15-5-13-26-34/h4,6-12,14,16,34H,5,13,15H2,1-3H3,(H,26,31)(H,27,29)(H,28,30). The van der Waals surface area contributed by atoms with Crippen molar-refractivity contribution in [2.45, 2.75) is 37.7 Å². The molecule has 1 saturated heterocycles. The lowest BCUT2D eigenvalue weighted by Crippen LogP contribution is -2.27. The molecule has 1 aliphatic heterocycles. The highest BCUT2D eigenvalue weighted by molar-refractivity contribution is 8.01. The molecule has 180 valence electrons. The summed E-state index contributed by atoms with van der Waals surface area (Å²) in [6, 6.07) is 16.2. The van der Waals surface area contributed by atoms with Crippen LogP contribution in [-0.2, 0) is 14.9 Å². The Morgan fingerprint density at radius 3 is 2.41 bits per heavy atom. The fourth-order valence-corrected chi connectivity index (χ4v) is 6.75. The number of rotatable bonds is 5. The highest BCUT2D eigenvalue weighted by Crippen LogP contribution is 2.32. The van der Waals surface area contributed by atoms with Crippen molar-refractivity contribution in [3.63, 3.8) is 0 Å². The number of ether oxygens (including phenoxy) is 1. The lowest BCUT2D eigenvalue weighted by Gasteiger charge is -2.21. The summed E-state index contributed by atoms with van der Waals surface area (Å²) in [4.78, 5) is 27.2. The van der Waals surface area contributed by atoms with Gasteiger partial charge in [-0.3, -0.25) is 19.0 Å². The summed E-state index contributed by atoms with van der Waals surface area (Å²) >= 11 is 1.58. The van der Waals surface area contributed by atoms with Gasteiger partial charge < -0.3 is 10.1 Å². The molecule has 0 bridgehead atoms. The predicted molar refractivity (Wildman–Crippen MR) is 139 cm³/mol. The molecular weight excluding hydrogens is 470 g/mol. The number of hydrogen-bond acceptors (Lipinski definition) is 5. The largest absolute Gasteiger partial charge is 0.444 e. The summed E-state index contributed by atoms with van der Waals surface area (Å²) < 4.78 is 21.4. The first kappa shape index (κ1) is 24.1. The minimum atomic E-state index is -2.56. The molecule has 0 atom stereocenters. The van der Waals surface area contributed by atoms with Crippen LogP contribution in [-0.4, -0.2) is 34.1 Å². The summed E-state index contributed by atoms with van der Waals surface area (Å²) in [6.07, 6.45) is 0.276. The van der Waals surface area contributed by atoms with Gasteiger partial charge in [-0.1, -0.05) is 12.1 Å². The first-order chi connectivity index (χ1) is 16.1. The minimum absolute atomic E-state index is 0.334. The lowest BCUT2D eigenvalue weighted by molar-refractivity contribution is 0.0635. The third kappa shape index (κ3) is 5.72. The molecule has 2 aromatic carbocycles. The molecule has 0 saturated carbocycles. The van der Waals surface area contributed by atoms with Gasteiger partial charge in [0.05, 0.1) is 11.4 Å². The maximum atomic E-state index is 13.1. The van der Waals surface area contributed by atoms with Crippen molar-refractivity contribution in [3.8, 4) is 10.4 Å². The summed E-state index contributed by atoms with van der Waals surface area (Å²) in [6.45, 7) is 6.10. The zero-order valence-corrected chi connectivity index (χ0v) is 21.1. The Bertz CT molecular complexity index is 1220. The van der Waals surface area contributed by atoms with Gasteiger partial charge in [0.25, 0.3) is 5.91 Å². The van der Waals surface area contributed by atoms with Crippen LogP contribution in [0, 0.1) is 0 Å². The van der Waals surface area contributed by atoms with Gasteiger partial charge in [0.15, 0.2) is 0 Å². The monoisotopic (exact) mass is 499 g/mol. The van der Waals surface area contributed by atoms with Crippen LogP contribution in [0.25, 0.3) is 10.4 Å². The number of thiol groups is 1. The van der Waals surface area contributed by atoms with E-state index in [1.165, 1.54) is 0 Å². The average Bonchev–Trinajstić information content (AvgIpc) is 3.46. The van der Waals surface area contributed by atoms with E-state index < -0.39 is 21.8 Å². The van der Waals surface area contributed by atoms with Crippen molar-refractivity contribution < 1.29 is 18.5 Å². The van der Waals surface area contributed by atoms with Crippen LogP contribution in [0.4, 0.5) is 16.2 Å². The fraction of sp³-hybridized carbons (Fsp3) is 0.280. The van der Waals surface area contributed by atoms with E-state index >= 15 is 0 Å². The van der Waals surface area contributed by atoms with Crippen LogP contribution >= 0.6 is 11.3 Å². The minimum Gasteiger partial charge on any atom is -0.444 e. The van der Waals surface area contributed by atoms with Gasteiger partial charge in [-0.2, -0.15) is 0 Å². The Hall–Kier alpha value is -3.01. The SMILES string of the molecule is CC(C)(C)OC(=O)Nc1ccc(-c2cccs2)cc1NC(=O)c1ccc([SH]2(=O)CCCN2)cc1. The summed E-state index contributed by atoms with van der Waals surface area (Å²) in [5, 5.41) is 7.62. The second-order valence-electron chi connectivity index (χ2n) is 9.09. The Kier molecular flexibility index (Phi) is 6.88.